The maximum atomic E-state index is 13.2. The zero-order chi connectivity index (χ0) is 25.9. The second-order valence-electron chi connectivity index (χ2n) is 8.60. The fourth-order valence-electron chi connectivity index (χ4n) is 4.31. The lowest BCUT2D eigenvalue weighted by Gasteiger charge is -2.32. The summed E-state index contributed by atoms with van der Waals surface area (Å²) in [6.45, 7) is 6.28. The van der Waals surface area contributed by atoms with Crippen LogP contribution in [0.1, 0.15) is 24.5 Å². The highest BCUT2D eigenvalue weighted by atomic mass is 35.5. The Morgan fingerprint density at radius 2 is 1.72 bits per heavy atom. The molecular formula is C27H23ClF3N3O2. The van der Waals surface area contributed by atoms with Gasteiger partial charge in [-0.05, 0) is 60.9 Å². The molecule has 186 valence electrons. The molecule has 1 heterocycles. The summed E-state index contributed by atoms with van der Waals surface area (Å²) >= 11 is 6.11. The largest absolute Gasteiger partial charge is 0.573 e. The molecule has 5 nitrogen and oxygen atoms in total. The molecule has 1 N–H and O–H groups in total. The summed E-state index contributed by atoms with van der Waals surface area (Å²) in [6, 6.07) is 21.4. The van der Waals surface area contributed by atoms with Crippen molar-refractivity contribution in [1.29, 1.82) is 0 Å². The number of benzene rings is 3. The van der Waals surface area contributed by atoms with E-state index >= 15 is 0 Å². The molecule has 0 fully saturated rings. The number of hydrogen-bond donors (Lipinski definition) is 1. The second kappa shape index (κ2) is 10.1. The third-order valence-electron chi connectivity index (χ3n) is 5.71. The van der Waals surface area contributed by atoms with Gasteiger partial charge in [-0.15, -0.1) is 19.8 Å². The number of carbonyl (C=O) groups is 1. The molecule has 9 heteroatoms. The van der Waals surface area contributed by atoms with E-state index < -0.39 is 17.8 Å². The van der Waals surface area contributed by atoms with Gasteiger partial charge in [0.05, 0.1) is 17.7 Å². The van der Waals surface area contributed by atoms with Crippen molar-refractivity contribution in [3.05, 3.63) is 107 Å². The Bertz CT molecular complexity index is 1280. The van der Waals surface area contributed by atoms with Gasteiger partial charge in [-0.2, -0.15) is 5.10 Å². The Balaban J connectivity index is 1.67. The molecule has 0 saturated heterocycles. The van der Waals surface area contributed by atoms with E-state index in [1.807, 2.05) is 49.4 Å². The number of rotatable bonds is 6. The molecule has 4 rings (SSSR count). The van der Waals surface area contributed by atoms with Gasteiger partial charge in [-0.3, -0.25) is 0 Å². The van der Waals surface area contributed by atoms with Crippen molar-refractivity contribution in [2.45, 2.75) is 25.1 Å². The number of hydrogen-bond acceptors (Lipinski definition) is 3. The van der Waals surface area contributed by atoms with Gasteiger partial charge in [0.15, 0.2) is 0 Å². The molecule has 3 aromatic carbocycles. The van der Waals surface area contributed by atoms with E-state index in [0.29, 0.717) is 22.8 Å². The normalized spacial score (nSPS) is 17.5. The Morgan fingerprint density at radius 3 is 2.31 bits per heavy atom. The van der Waals surface area contributed by atoms with E-state index in [1.165, 1.54) is 17.1 Å². The van der Waals surface area contributed by atoms with Crippen LogP contribution in [-0.4, -0.2) is 29.7 Å². The number of allylic oxidation sites excluding steroid dienone is 1. The average molecular weight is 514 g/mol. The Hall–Kier alpha value is -3.78. The molecule has 0 bridgehead atoms. The first kappa shape index (κ1) is 25.3. The molecule has 1 aliphatic rings. The summed E-state index contributed by atoms with van der Waals surface area (Å²) in [5.41, 5.74) is 3.04. The van der Waals surface area contributed by atoms with Crippen molar-refractivity contribution in [3.63, 3.8) is 0 Å². The standard InChI is InChI=1S/C27H23ClF3N3O2/c1-18(2)16-26(20-6-4-3-5-7-20)17-34(33-24(26)19-8-10-21(28)11-9-19)25(35)32-22-12-14-23(15-13-22)36-27(29,30)31/h3-15H,1,16-17H2,2H3,(H,32,35). The van der Waals surface area contributed by atoms with Crippen LogP contribution < -0.4 is 10.1 Å². The van der Waals surface area contributed by atoms with Gasteiger partial charge < -0.3 is 10.1 Å². The minimum Gasteiger partial charge on any atom is -0.406 e. The molecule has 0 aliphatic carbocycles. The number of alkyl halides is 3. The number of carbonyl (C=O) groups excluding carboxylic acids is 1. The maximum absolute atomic E-state index is 13.2. The first-order valence-electron chi connectivity index (χ1n) is 11.0. The number of ether oxygens (including phenoxy) is 1. The summed E-state index contributed by atoms with van der Waals surface area (Å²) in [5, 5.41) is 9.32. The van der Waals surface area contributed by atoms with Gasteiger partial charge in [0.25, 0.3) is 0 Å². The van der Waals surface area contributed by atoms with E-state index in [4.69, 9.17) is 16.7 Å². The second-order valence-corrected chi connectivity index (χ2v) is 9.03. The molecule has 36 heavy (non-hydrogen) atoms. The summed E-state index contributed by atoms with van der Waals surface area (Å²) in [6.07, 6.45) is -4.25. The maximum Gasteiger partial charge on any atom is 0.573 e. The monoisotopic (exact) mass is 513 g/mol. The molecule has 1 atom stereocenters. The summed E-state index contributed by atoms with van der Waals surface area (Å²) in [7, 11) is 0. The topological polar surface area (TPSA) is 53.9 Å². The van der Waals surface area contributed by atoms with Crippen LogP contribution in [-0.2, 0) is 5.41 Å². The van der Waals surface area contributed by atoms with Crippen LogP contribution in [0.15, 0.2) is 96.1 Å². The lowest BCUT2D eigenvalue weighted by atomic mass is 9.70. The van der Waals surface area contributed by atoms with E-state index in [9.17, 15) is 18.0 Å². The molecule has 1 unspecified atom stereocenters. The predicted octanol–water partition coefficient (Wildman–Crippen LogP) is 7.39. The summed E-state index contributed by atoms with van der Waals surface area (Å²) in [5.74, 6) is -0.380. The molecule has 0 aromatic heterocycles. The van der Waals surface area contributed by atoms with Crippen LogP contribution in [0.5, 0.6) is 5.75 Å². The fraction of sp³-hybridized carbons (Fsp3) is 0.185. The van der Waals surface area contributed by atoms with Crippen LogP contribution in [0.25, 0.3) is 0 Å². The third kappa shape index (κ3) is 5.71. The van der Waals surface area contributed by atoms with Gasteiger partial charge in [-0.25, -0.2) is 9.80 Å². The molecule has 2 amide bonds. The quantitative estimate of drug-likeness (QED) is 0.349. The van der Waals surface area contributed by atoms with Crippen molar-refractivity contribution in [1.82, 2.24) is 5.01 Å². The van der Waals surface area contributed by atoms with Gasteiger partial charge in [0.1, 0.15) is 5.75 Å². The highest BCUT2D eigenvalue weighted by Crippen LogP contribution is 2.40. The SMILES string of the molecule is C=C(C)CC1(c2ccccc2)CN(C(=O)Nc2ccc(OC(F)(F)F)cc2)N=C1c1ccc(Cl)cc1. The Kier molecular flexibility index (Phi) is 7.08. The number of anilines is 1. The lowest BCUT2D eigenvalue weighted by molar-refractivity contribution is -0.274. The molecular weight excluding hydrogens is 491 g/mol. The van der Waals surface area contributed by atoms with Crippen molar-refractivity contribution in [2.75, 3.05) is 11.9 Å². The van der Waals surface area contributed by atoms with Gasteiger partial charge in [0.2, 0.25) is 0 Å². The van der Waals surface area contributed by atoms with Crippen molar-refractivity contribution >= 4 is 29.0 Å². The van der Waals surface area contributed by atoms with E-state index in [-0.39, 0.29) is 12.3 Å². The lowest BCUT2D eigenvalue weighted by Crippen LogP contribution is -2.41. The van der Waals surface area contributed by atoms with Crippen molar-refractivity contribution in [2.24, 2.45) is 5.10 Å². The van der Waals surface area contributed by atoms with E-state index in [0.717, 1.165) is 28.8 Å². The number of nitrogens with one attached hydrogen (secondary N) is 1. The molecule has 0 radical (unpaired) electrons. The fourth-order valence-corrected chi connectivity index (χ4v) is 4.44. The van der Waals surface area contributed by atoms with Crippen LogP contribution in [0.4, 0.5) is 23.7 Å². The third-order valence-corrected chi connectivity index (χ3v) is 5.97. The molecule has 1 aliphatic heterocycles. The van der Waals surface area contributed by atoms with Gasteiger partial charge in [-0.1, -0.05) is 59.6 Å². The highest BCUT2D eigenvalue weighted by Gasteiger charge is 2.46. The van der Waals surface area contributed by atoms with Crippen molar-refractivity contribution in [3.8, 4) is 5.75 Å². The minimum absolute atomic E-state index is 0.239. The number of urea groups is 1. The molecule has 0 saturated carbocycles. The minimum atomic E-state index is -4.79. The summed E-state index contributed by atoms with van der Waals surface area (Å²) < 4.78 is 41.2. The van der Waals surface area contributed by atoms with Crippen molar-refractivity contribution < 1.29 is 22.7 Å². The Morgan fingerprint density at radius 1 is 1.08 bits per heavy atom. The van der Waals surface area contributed by atoms with Crippen LogP contribution in [0.2, 0.25) is 5.02 Å². The van der Waals surface area contributed by atoms with E-state index in [2.05, 4.69) is 16.6 Å². The van der Waals surface area contributed by atoms with E-state index in [1.54, 1.807) is 12.1 Å². The van der Waals surface area contributed by atoms with Gasteiger partial charge in [0, 0.05) is 10.7 Å². The number of hydrazone groups is 1. The predicted molar refractivity (Wildman–Crippen MR) is 134 cm³/mol. The molecule has 0 spiro atoms. The number of halogens is 4. The smallest absolute Gasteiger partial charge is 0.406 e. The zero-order valence-electron chi connectivity index (χ0n) is 19.3. The molecule has 3 aromatic rings. The van der Waals surface area contributed by atoms with Crippen LogP contribution in [0.3, 0.4) is 0 Å². The number of nitrogens with zero attached hydrogens (tertiary/aromatic N) is 2. The average Bonchev–Trinajstić information content (AvgIpc) is 3.20. The number of amides is 2. The first-order chi connectivity index (χ1) is 17.1. The Labute approximate surface area is 211 Å². The first-order valence-corrected chi connectivity index (χ1v) is 11.4. The highest BCUT2D eigenvalue weighted by molar-refractivity contribution is 6.30. The van der Waals surface area contributed by atoms with Crippen LogP contribution in [0, 0.1) is 0 Å². The van der Waals surface area contributed by atoms with Gasteiger partial charge >= 0.3 is 12.4 Å². The van der Waals surface area contributed by atoms with Crippen LogP contribution >= 0.6 is 11.6 Å². The zero-order valence-corrected chi connectivity index (χ0v) is 20.1. The summed E-state index contributed by atoms with van der Waals surface area (Å²) in [4.78, 5) is 13.2.